The van der Waals surface area contributed by atoms with E-state index in [1.165, 1.54) is 6.33 Å². The van der Waals surface area contributed by atoms with Gasteiger partial charge in [0.15, 0.2) is 0 Å². The van der Waals surface area contributed by atoms with Crippen LogP contribution in [-0.2, 0) is 4.79 Å². The Morgan fingerprint density at radius 3 is 2.96 bits per heavy atom. The number of nitrogens with one attached hydrogen (secondary N) is 3. The fourth-order valence-electron chi connectivity index (χ4n) is 2.93. The normalized spacial score (nSPS) is 14.5. The van der Waals surface area contributed by atoms with E-state index in [4.69, 9.17) is 0 Å². The number of anilines is 1. The summed E-state index contributed by atoms with van der Waals surface area (Å²) in [6, 6.07) is 3.97. The summed E-state index contributed by atoms with van der Waals surface area (Å²) < 4.78 is 0. The molecule has 0 bridgehead atoms. The first kappa shape index (κ1) is 19.8. The lowest BCUT2D eigenvalue weighted by Crippen LogP contribution is -2.52. The van der Waals surface area contributed by atoms with Gasteiger partial charge in [-0.05, 0) is 12.1 Å². The standard InChI is InChI=1S/C20H26N6O2/c1-14(2)22-6-3-4-19(27)26-11-15(12-26)9-23-18-8-16(10-24-20(18)28)17-5-7-21-13-25-17/h3-5,7-8,10,13-15,22-23H,6,9,11-12H2,1-2H3,(H,24,28)/b4-3+. The number of nitrogens with zero attached hydrogens (tertiary/aromatic N) is 3. The third-order valence-electron chi connectivity index (χ3n) is 4.54. The summed E-state index contributed by atoms with van der Waals surface area (Å²) in [4.78, 5) is 36.8. The van der Waals surface area contributed by atoms with E-state index in [9.17, 15) is 9.59 Å². The number of pyridine rings is 1. The summed E-state index contributed by atoms with van der Waals surface area (Å²) in [5.41, 5.74) is 1.88. The van der Waals surface area contributed by atoms with Crippen molar-refractivity contribution in [3.8, 4) is 11.3 Å². The molecule has 1 fully saturated rings. The molecule has 1 aliphatic rings. The summed E-state index contributed by atoms with van der Waals surface area (Å²) in [5.74, 6) is 0.360. The number of hydrogen-bond acceptors (Lipinski definition) is 6. The molecule has 0 atom stereocenters. The summed E-state index contributed by atoms with van der Waals surface area (Å²) in [7, 11) is 0. The minimum absolute atomic E-state index is 0.0328. The molecule has 0 unspecified atom stereocenters. The van der Waals surface area contributed by atoms with Gasteiger partial charge in [0.2, 0.25) is 5.91 Å². The monoisotopic (exact) mass is 382 g/mol. The first-order chi connectivity index (χ1) is 13.5. The van der Waals surface area contributed by atoms with Crippen molar-refractivity contribution in [1.29, 1.82) is 0 Å². The van der Waals surface area contributed by atoms with Gasteiger partial charge in [0.25, 0.3) is 5.56 Å². The van der Waals surface area contributed by atoms with E-state index >= 15 is 0 Å². The Hall–Kier alpha value is -3.00. The van der Waals surface area contributed by atoms with Crippen LogP contribution in [0.3, 0.4) is 0 Å². The van der Waals surface area contributed by atoms with E-state index in [0.29, 0.717) is 43.8 Å². The van der Waals surface area contributed by atoms with Gasteiger partial charge in [0, 0.05) is 62.2 Å². The van der Waals surface area contributed by atoms with Crippen molar-refractivity contribution in [3.05, 3.63) is 53.4 Å². The smallest absolute Gasteiger partial charge is 0.271 e. The van der Waals surface area contributed by atoms with Crippen molar-refractivity contribution in [2.24, 2.45) is 5.92 Å². The third-order valence-corrected chi connectivity index (χ3v) is 4.54. The number of aromatic nitrogens is 3. The highest BCUT2D eigenvalue weighted by molar-refractivity contribution is 5.88. The average Bonchev–Trinajstić information content (AvgIpc) is 2.66. The SMILES string of the molecule is CC(C)NC/C=C/C(=O)N1CC(CNc2cc(-c3ccncn3)c[nH]c2=O)C1. The van der Waals surface area contributed by atoms with Crippen LogP contribution in [-0.4, -0.2) is 58.0 Å². The van der Waals surface area contributed by atoms with Gasteiger partial charge in [-0.3, -0.25) is 9.59 Å². The number of hydrogen-bond donors (Lipinski definition) is 3. The third kappa shape index (κ3) is 5.26. The Balaban J connectivity index is 1.47. The second-order valence-corrected chi connectivity index (χ2v) is 7.18. The van der Waals surface area contributed by atoms with Crippen molar-refractivity contribution in [3.63, 3.8) is 0 Å². The highest BCUT2D eigenvalue weighted by Crippen LogP contribution is 2.19. The van der Waals surface area contributed by atoms with Crippen LogP contribution in [0.2, 0.25) is 0 Å². The zero-order valence-corrected chi connectivity index (χ0v) is 16.2. The number of aromatic amines is 1. The largest absolute Gasteiger partial charge is 0.380 e. The number of amides is 1. The summed E-state index contributed by atoms with van der Waals surface area (Å²) >= 11 is 0. The lowest BCUT2D eigenvalue weighted by molar-refractivity contribution is -0.131. The van der Waals surface area contributed by atoms with Crippen molar-refractivity contribution in [2.75, 3.05) is 31.5 Å². The Labute approximate surface area is 164 Å². The number of carbonyl (C=O) groups is 1. The molecular formula is C20H26N6O2. The van der Waals surface area contributed by atoms with Crippen LogP contribution in [0.4, 0.5) is 5.69 Å². The first-order valence-corrected chi connectivity index (χ1v) is 9.44. The van der Waals surface area contributed by atoms with Gasteiger partial charge in [-0.15, -0.1) is 0 Å². The van der Waals surface area contributed by atoms with Crippen LogP contribution >= 0.6 is 0 Å². The van der Waals surface area contributed by atoms with E-state index in [2.05, 4.69) is 39.4 Å². The highest BCUT2D eigenvalue weighted by Gasteiger charge is 2.29. The number of H-pyrrole nitrogens is 1. The predicted octanol–water partition coefficient (Wildman–Crippen LogP) is 1.26. The minimum atomic E-state index is -0.175. The quantitative estimate of drug-likeness (QED) is 0.594. The Bertz CT molecular complexity index is 872. The molecule has 8 heteroatoms. The number of rotatable bonds is 8. The Morgan fingerprint density at radius 2 is 2.25 bits per heavy atom. The molecule has 3 heterocycles. The maximum absolute atomic E-state index is 12.1. The van der Waals surface area contributed by atoms with Crippen LogP contribution in [0.1, 0.15) is 13.8 Å². The van der Waals surface area contributed by atoms with Crippen LogP contribution in [0.25, 0.3) is 11.3 Å². The molecule has 28 heavy (non-hydrogen) atoms. The topological polar surface area (TPSA) is 103 Å². The molecule has 1 aliphatic heterocycles. The van der Waals surface area contributed by atoms with Crippen molar-refractivity contribution >= 4 is 11.6 Å². The summed E-state index contributed by atoms with van der Waals surface area (Å²) in [5, 5.41) is 6.43. The van der Waals surface area contributed by atoms with Gasteiger partial charge in [0.05, 0.1) is 5.69 Å². The van der Waals surface area contributed by atoms with Crippen LogP contribution < -0.4 is 16.2 Å². The lowest BCUT2D eigenvalue weighted by atomic mass is 10.00. The second-order valence-electron chi connectivity index (χ2n) is 7.18. The zero-order chi connectivity index (χ0) is 19.9. The molecule has 1 amide bonds. The molecule has 2 aromatic rings. The molecule has 0 spiro atoms. The molecular weight excluding hydrogens is 356 g/mol. The molecule has 3 rings (SSSR count). The fourth-order valence-corrected chi connectivity index (χ4v) is 2.93. The van der Waals surface area contributed by atoms with Gasteiger partial charge in [0.1, 0.15) is 12.0 Å². The lowest BCUT2D eigenvalue weighted by Gasteiger charge is -2.38. The van der Waals surface area contributed by atoms with Gasteiger partial charge < -0.3 is 20.5 Å². The molecule has 3 N–H and O–H groups in total. The Kier molecular flexibility index (Phi) is 6.54. The molecule has 1 saturated heterocycles. The predicted molar refractivity (Wildman–Crippen MR) is 109 cm³/mol. The Morgan fingerprint density at radius 1 is 1.43 bits per heavy atom. The van der Waals surface area contributed by atoms with Crippen LogP contribution in [0, 0.1) is 5.92 Å². The van der Waals surface area contributed by atoms with Crippen LogP contribution in [0.15, 0.2) is 47.8 Å². The number of carbonyl (C=O) groups excluding carboxylic acids is 1. The van der Waals surface area contributed by atoms with Gasteiger partial charge in [-0.2, -0.15) is 0 Å². The first-order valence-electron chi connectivity index (χ1n) is 9.44. The fraction of sp³-hybridized carbons (Fsp3) is 0.400. The maximum Gasteiger partial charge on any atom is 0.271 e. The van der Waals surface area contributed by atoms with E-state index in [1.807, 2.05) is 6.08 Å². The molecule has 0 aromatic carbocycles. The minimum Gasteiger partial charge on any atom is -0.380 e. The van der Waals surface area contributed by atoms with Gasteiger partial charge in [-0.1, -0.05) is 19.9 Å². The van der Waals surface area contributed by atoms with Gasteiger partial charge >= 0.3 is 0 Å². The molecule has 0 saturated carbocycles. The van der Waals surface area contributed by atoms with Gasteiger partial charge in [-0.25, -0.2) is 9.97 Å². The van der Waals surface area contributed by atoms with Crippen molar-refractivity contribution < 1.29 is 4.79 Å². The summed E-state index contributed by atoms with van der Waals surface area (Å²) in [6.07, 6.45) is 8.25. The van der Waals surface area contributed by atoms with Crippen molar-refractivity contribution in [2.45, 2.75) is 19.9 Å². The maximum atomic E-state index is 12.1. The summed E-state index contributed by atoms with van der Waals surface area (Å²) in [6.45, 7) is 6.84. The van der Waals surface area contributed by atoms with E-state index in [1.54, 1.807) is 35.5 Å². The zero-order valence-electron chi connectivity index (χ0n) is 16.2. The van der Waals surface area contributed by atoms with E-state index < -0.39 is 0 Å². The highest BCUT2D eigenvalue weighted by atomic mass is 16.2. The average molecular weight is 382 g/mol. The molecule has 0 radical (unpaired) electrons. The molecule has 148 valence electrons. The molecule has 0 aliphatic carbocycles. The van der Waals surface area contributed by atoms with Crippen molar-refractivity contribution in [1.82, 2.24) is 25.2 Å². The number of likely N-dealkylation sites (tertiary alicyclic amines) is 1. The van der Waals surface area contributed by atoms with E-state index in [-0.39, 0.29) is 11.5 Å². The van der Waals surface area contributed by atoms with Crippen LogP contribution in [0.5, 0.6) is 0 Å². The van der Waals surface area contributed by atoms with E-state index in [0.717, 1.165) is 11.3 Å². The molecule has 8 nitrogen and oxygen atoms in total. The second kappa shape index (κ2) is 9.27. The molecule has 2 aromatic heterocycles.